The summed E-state index contributed by atoms with van der Waals surface area (Å²) in [6, 6.07) is 1.64. The van der Waals surface area contributed by atoms with E-state index in [9.17, 15) is 4.79 Å². The summed E-state index contributed by atoms with van der Waals surface area (Å²) in [4.78, 5) is 11.5. The minimum Gasteiger partial charge on any atom is -0.361 e. The molecule has 0 aliphatic carbocycles. The Morgan fingerprint density at radius 1 is 1.53 bits per heavy atom. The maximum absolute atomic E-state index is 11.5. The van der Waals surface area contributed by atoms with E-state index in [1.807, 2.05) is 0 Å². The van der Waals surface area contributed by atoms with Gasteiger partial charge in [0.05, 0.1) is 0 Å². The number of nitrogens with one attached hydrogen (secondary N) is 1. The zero-order chi connectivity index (χ0) is 11.1. The first-order chi connectivity index (χ1) is 7.24. The van der Waals surface area contributed by atoms with Crippen molar-refractivity contribution < 1.29 is 9.32 Å². The fourth-order valence-electron chi connectivity index (χ4n) is 1.16. The van der Waals surface area contributed by atoms with Gasteiger partial charge >= 0.3 is 0 Å². The lowest BCUT2D eigenvalue weighted by atomic mass is 10.2. The number of unbranched alkanes of at least 4 members (excludes halogenated alkanes) is 2. The van der Waals surface area contributed by atoms with Gasteiger partial charge in [0, 0.05) is 12.6 Å². The summed E-state index contributed by atoms with van der Waals surface area (Å²) in [5.41, 5.74) is 0.362. The molecule has 15 heavy (non-hydrogen) atoms. The van der Waals surface area contributed by atoms with Crippen LogP contribution in [0.5, 0.6) is 0 Å². The highest BCUT2D eigenvalue weighted by Crippen LogP contribution is 2.01. The standard InChI is InChI=1S/C10H15IN2O2/c1-8-7-9(13-15-8)10(14)12-6-4-2-3-5-11/h7H,2-6H2,1H3,(H,12,14). The summed E-state index contributed by atoms with van der Waals surface area (Å²) in [6.07, 6.45) is 3.38. The number of rotatable bonds is 6. The Morgan fingerprint density at radius 3 is 2.93 bits per heavy atom. The highest BCUT2D eigenvalue weighted by Gasteiger charge is 2.09. The van der Waals surface area contributed by atoms with Crippen LogP contribution in [0.1, 0.15) is 35.5 Å². The van der Waals surface area contributed by atoms with Crippen LogP contribution in [-0.4, -0.2) is 22.0 Å². The first-order valence-electron chi connectivity index (χ1n) is 5.01. The summed E-state index contributed by atoms with van der Waals surface area (Å²) in [6.45, 7) is 2.48. The number of aryl methyl sites for hydroxylation is 1. The predicted octanol–water partition coefficient (Wildman–Crippen LogP) is 2.32. The molecule has 0 unspecified atom stereocenters. The first kappa shape index (κ1) is 12.5. The van der Waals surface area contributed by atoms with Crippen molar-refractivity contribution in [2.24, 2.45) is 0 Å². The molecule has 1 amide bonds. The van der Waals surface area contributed by atoms with E-state index in [-0.39, 0.29) is 5.91 Å². The predicted molar refractivity (Wildman–Crippen MR) is 66.3 cm³/mol. The Bertz CT molecular complexity index is 312. The molecule has 84 valence electrons. The van der Waals surface area contributed by atoms with Gasteiger partial charge in [0.25, 0.3) is 5.91 Å². The topological polar surface area (TPSA) is 55.1 Å². The van der Waals surface area contributed by atoms with Crippen molar-refractivity contribution in [3.8, 4) is 0 Å². The maximum atomic E-state index is 11.5. The van der Waals surface area contributed by atoms with E-state index in [0.29, 0.717) is 18.0 Å². The lowest BCUT2D eigenvalue weighted by Crippen LogP contribution is -2.24. The zero-order valence-electron chi connectivity index (χ0n) is 8.75. The van der Waals surface area contributed by atoms with Crippen molar-refractivity contribution in [2.75, 3.05) is 11.0 Å². The molecule has 4 nitrogen and oxygen atoms in total. The molecule has 0 atom stereocenters. The zero-order valence-corrected chi connectivity index (χ0v) is 10.9. The van der Waals surface area contributed by atoms with Crippen molar-refractivity contribution in [3.63, 3.8) is 0 Å². The molecule has 0 spiro atoms. The number of alkyl halides is 1. The molecule has 0 saturated carbocycles. The van der Waals surface area contributed by atoms with Crippen molar-refractivity contribution in [2.45, 2.75) is 26.2 Å². The smallest absolute Gasteiger partial charge is 0.273 e. The molecule has 0 aromatic carbocycles. The van der Waals surface area contributed by atoms with Gasteiger partial charge in [-0.05, 0) is 24.2 Å². The van der Waals surface area contributed by atoms with Crippen LogP contribution in [0.4, 0.5) is 0 Å². The van der Waals surface area contributed by atoms with Gasteiger partial charge in [0.1, 0.15) is 5.76 Å². The molecule has 1 N–H and O–H groups in total. The van der Waals surface area contributed by atoms with Crippen molar-refractivity contribution in [1.29, 1.82) is 0 Å². The Kier molecular flexibility index (Phi) is 5.67. The third kappa shape index (κ3) is 4.63. The number of carbonyl (C=O) groups excluding carboxylic acids is 1. The van der Waals surface area contributed by atoms with Crippen LogP contribution in [0, 0.1) is 6.92 Å². The van der Waals surface area contributed by atoms with Crippen LogP contribution in [0.3, 0.4) is 0 Å². The SMILES string of the molecule is Cc1cc(C(=O)NCCCCCI)no1. The number of aromatic nitrogens is 1. The summed E-state index contributed by atoms with van der Waals surface area (Å²) in [5.74, 6) is 0.506. The quantitative estimate of drug-likeness (QED) is 0.497. The van der Waals surface area contributed by atoms with Gasteiger partial charge in [-0.1, -0.05) is 34.2 Å². The fourth-order valence-corrected chi connectivity index (χ4v) is 1.70. The van der Waals surface area contributed by atoms with Crippen molar-refractivity contribution in [3.05, 3.63) is 17.5 Å². The summed E-state index contributed by atoms with van der Waals surface area (Å²) in [5, 5.41) is 6.45. The van der Waals surface area contributed by atoms with Crippen LogP contribution in [0.25, 0.3) is 0 Å². The van der Waals surface area contributed by atoms with E-state index >= 15 is 0 Å². The molecule has 0 aliphatic rings. The molecule has 0 radical (unpaired) electrons. The minimum absolute atomic E-state index is 0.152. The Labute approximate surface area is 103 Å². The maximum Gasteiger partial charge on any atom is 0.273 e. The molecule has 1 aromatic rings. The summed E-state index contributed by atoms with van der Waals surface area (Å²) in [7, 11) is 0. The van der Waals surface area contributed by atoms with E-state index in [2.05, 4.69) is 33.1 Å². The Hall–Kier alpha value is -0.590. The van der Waals surface area contributed by atoms with E-state index in [4.69, 9.17) is 4.52 Å². The number of amides is 1. The second-order valence-corrected chi connectivity index (χ2v) is 4.41. The fraction of sp³-hybridized carbons (Fsp3) is 0.600. The Morgan fingerprint density at radius 2 is 2.33 bits per heavy atom. The van der Waals surface area contributed by atoms with Gasteiger partial charge < -0.3 is 9.84 Å². The highest BCUT2D eigenvalue weighted by atomic mass is 127. The molecular formula is C10H15IN2O2. The molecule has 0 saturated heterocycles. The number of halogens is 1. The van der Waals surface area contributed by atoms with Crippen LogP contribution in [0.15, 0.2) is 10.6 Å². The number of hydrogen-bond acceptors (Lipinski definition) is 3. The van der Waals surface area contributed by atoms with Gasteiger partial charge in [0.2, 0.25) is 0 Å². The molecule has 1 rings (SSSR count). The second kappa shape index (κ2) is 6.81. The van der Waals surface area contributed by atoms with E-state index < -0.39 is 0 Å². The monoisotopic (exact) mass is 322 g/mol. The molecule has 0 bridgehead atoms. The van der Waals surface area contributed by atoms with Gasteiger partial charge in [0.15, 0.2) is 5.69 Å². The van der Waals surface area contributed by atoms with Gasteiger partial charge in [-0.25, -0.2) is 0 Å². The van der Waals surface area contributed by atoms with Crippen LogP contribution in [-0.2, 0) is 0 Å². The Balaban J connectivity index is 2.19. The number of hydrogen-bond donors (Lipinski definition) is 1. The normalized spacial score (nSPS) is 10.3. The average Bonchev–Trinajstić information content (AvgIpc) is 2.64. The van der Waals surface area contributed by atoms with Crippen molar-refractivity contribution in [1.82, 2.24) is 10.5 Å². The van der Waals surface area contributed by atoms with Crippen LogP contribution in [0.2, 0.25) is 0 Å². The van der Waals surface area contributed by atoms with E-state index in [0.717, 1.165) is 12.8 Å². The molecule has 1 heterocycles. The third-order valence-corrected chi connectivity index (χ3v) is 2.72. The summed E-state index contributed by atoms with van der Waals surface area (Å²) >= 11 is 2.35. The van der Waals surface area contributed by atoms with Gasteiger partial charge in [-0.3, -0.25) is 4.79 Å². The molecule has 5 heteroatoms. The van der Waals surface area contributed by atoms with E-state index in [1.165, 1.54) is 10.8 Å². The number of nitrogens with zero attached hydrogens (tertiary/aromatic N) is 1. The lowest BCUT2D eigenvalue weighted by molar-refractivity contribution is 0.0944. The second-order valence-electron chi connectivity index (χ2n) is 3.33. The lowest BCUT2D eigenvalue weighted by Gasteiger charge is -2.01. The average molecular weight is 322 g/mol. The summed E-state index contributed by atoms with van der Waals surface area (Å²) < 4.78 is 5.99. The molecule has 0 fully saturated rings. The van der Waals surface area contributed by atoms with Gasteiger partial charge in [-0.2, -0.15) is 0 Å². The molecular weight excluding hydrogens is 307 g/mol. The van der Waals surface area contributed by atoms with Gasteiger partial charge in [-0.15, -0.1) is 0 Å². The third-order valence-electron chi connectivity index (χ3n) is 1.96. The molecule has 0 aliphatic heterocycles. The van der Waals surface area contributed by atoms with Crippen molar-refractivity contribution >= 4 is 28.5 Å². The minimum atomic E-state index is -0.152. The highest BCUT2D eigenvalue weighted by molar-refractivity contribution is 14.1. The first-order valence-corrected chi connectivity index (χ1v) is 6.54. The number of carbonyl (C=O) groups is 1. The largest absolute Gasteiger partial charge is 0.361 e. The van der Waals surface area contributed by atoms with Crippen LogP contribution < -0.4 is 5.32 Å². The molecule has 1 aromatic heterocycles. The van der Waals surface area contributed by atoms with Crippen LogP contribution >= 0.6 is 22.6 Å². The van der Waals surface area contributed by atoms with E-state index in [1.54, 1.807) is 13.0 Å².